The Morgan fingerprint density at radius 1 is 1.04 bits per heavy atom. The number of aryl methyl sites for hydroxylation is 1. The molecular formula is C19H24O4. The largest absolute Gasteiger partial charge is 0.496 e. The number of carbonyl (C=O) groups is 1. The summed E-state index contributed by atoms with van der Waals surface area (Å²) in [5.74, 6) is 1.50. The lowest BCUT2D eigenvalue weighted by atomic mass is 10.0. The fourth-order valence-corrected chi connectivity index (χ4v) is 2.19. The van der Waals surface area contributed by atoms with Crippen molar-refractivity contribution in [3.8, 4) is 22.6 Å². The lowest BCUT2D eigenvalue weighted by Crippen LogP contribution is -1.97. The van der Waals surface area contributed by atoms with E-state index in [1.54, 1.807) is 13.2 Å². The molecule has 23 heavy (non-hydrogen) atoms. The van der Waals surface area contributed by atoms with E-state index in [1.807, 2.05) is 31.2 Å². The van der Waals surface area contributed by atoms with Gasteiger partial charge in [-0.15, -0.1) is 0 Å². The summed E-state index contributed by atoms with van der Waals surface area (Å²) in [5.41, 5.74) is 3.75. The van der Waals surface area contributed by atoms with Gasteiger partial charge in [0.1, 0.15) is 11.5 Å². The zero-order valence-corrected chi connectivity index (χ0v) is 14.1. The first-order valence-corrected chi connectivity index (χ1v) is 7.51. The number of carbonyl (C=O) groups excluding carboxylic acids is 1. The second kappa shape index (κ2) is 9.64. The zero-order valence-electron chi connectivity index (χ0n) is 14.1. The summed E-state index contributed by atoms with van der Waals surface area (Å²) in [7, 11) is 2.57. The molecule has 0 amide bonds. The minimum Gasteiger partial charge on any atom is -0.496 e. The molecule has 0 fully saturated rings. The summed E-state index contributed by atoms with van der Waals surface area (Å²) in [6, 6.07) is 11.7. The molecule has 0 bridgehead atoms. The number of ether oxygens (including phenoxy) is 2. The molecule has 0 aliphatic rings. The third-order valence-corrected chi connectivity index (χ3v) is 3.33. The molecule has 0 saturated carbocycles. The summed E-state index contributed by atoms with van der Waals surface area (Å²) in [5, 5.41) is 7.00. The number of aliphatic hydroxyl groups is 1. The monoisotopic (exact) mass is 316 g/mol. The average Bonchev–Trinajstić information content (AvgIpc) is 2.61. The highest BCUT2D eigenvalue weighted by molar-refractivity contribution is 5.82. The third-order valence-electron chi connectivity index (χ3n) is 3.33. The van der Waals surface area contributed by atoms with Gasteiger partial charge in [0.25, 0.3) is 0 Å². The first-order chi connectivity index (χ1) is 11.2. The Morgan fingerprint density at radius 2 is 1.70 bits per heavy atom. The fraction of sp³-hybridized carbons (Fsp3) is 0.316. The number of methoxy groups -OCH3 is 1. The molecule has 0 radical (unpaired) electrons. The highest BCUT2D eigenvalue weighted by Crippen LogP contribution is 2.30. The van der Waals surface area contributed by atoms with Crippen molar-refractivity contribution in [1.82, 2.24) is 0 Å². The van der Waals surface area contributed by atoms with Crippen molar-refractivity contribution in [2.24, 2.45) is 0 Å². The van der Waals surface area contributed by atoms with Gasteiger partial charge >= 0.3 is 0 Å². The second-order valence-corrected chi connectivity index (χ2v) is 4.90. The second-order valence-electron chi connectivity index (χ2n) is 4.90. The Balaban J connectivity index is 0.00000127. The number of rotatable bonds is 6. The van der Waals surface area contributed by atoms with Crippen molar-refractivity contribution < 1.29 is 19.4 Å². The van der Waals surface area contributed by atoms with E-state index in [-0.39, 0.29) is 0 Å². The van der Waals surface area contributed by atoms with Crippen molar-refractivity contribution in [3.63, 3.8) is 0 Å². The van der Waals surface area contributed by atoms with E-state index < -0.39 is 0 Å². The Morgan fingerprint density at radius 3 is 2.26 bits per heavy atom. The molecule has 0 aliphatic heterocycles. The van der Waals surface area contributed by atoms with Crippen molar-refractivity contribution in [3.05, 3.63) is 47.5 Å². The van der Waals surface area contributed by atoms with Crippen LogP contribution in [0.5, 0.6) is 11.5 Å². The van der Waals surface area contributed by atoms with Crippen LogP contribution in [-0.2, 0) is 0 Å². The number of hydrogen-bond acceptors (Lipinski definition) is 4. The maximum atomic E-state index is 10.9. The third kappa shape index (κ3) is 4.83. The Kier molecular flexibility index (Phi) is 7.84. The predicted octanol–water partition coefficient (Wildman–Crippen LogP) is 3.88. The summed E-state index contributed by atoms with van der Waals surface area (Å²) < 4.78 is 10.9. The predicted molar refractivity (Wildman–Crippen MR) is 92.5 cm³/mol. The van der Waals surface area contributed by atoms with Crippen molar-refractivity contribution in [2.75, 3.05) is 20.8 Å². The molecule has 0 aliphatic carbocycles. The molecule has 2 rings (SSSR count). The van der Waals surface area contributed by atoms with Crippen molar-refractivity contribution >= 4 is 6.29 Å². The van der Waals surface area contributed by atoms with Crippen LogP contribution in [0.4, 0.5) is 0 Å². The van der Waals surface area contributed by atoms with Crippen LogP contribution < -0.4 is 9.47 Å². The molecule has 0 aromatic heterocycles. The summed E-state index contributed by atoms with van der Waals surface area (Å²) >= 11 is 0. The van der Waals surface area contributed by atoms with Gasteiger partial charge in [-0.3, -0.25) is 4.79 Å². The van der Waals surface area contributed by atoms with Crippen LogP contribution in [0, 0.1) is 6.92 Å². The normalized spacial score (nSPS) is 9.61. The van der Waals surface area contributed by atoms with Gasteiger partial charge in [-0.1, -0.05) is 19.1 Å². The van der Waals surface area contributed by atoms with E-state index >= 15 is 0 Å². The van der Waals surface area contributed by atoms with E-state index in [2.05, 4.69) is 13.0 Å². The van der Waals surface area contributed by atoms with Crippen LogP contribution in [0.2, 0.25) is 0 Å². The fourth-order valence-electron chi connectivity index (χ4n) is 2.19. The molecule has 2 aromatic rings. The Labute approximate surface area is 137 Å². The Bertz CT molecular complexity index is 635. The highest BCUT2D eigenvalue weighted by atomic mass is 16.5. The molecule has 0 spiro atoms. The number of aliphatic hydroxyl groups excluding tert-OH is 1. The summed E-state index contributed by atoms with van der Waals surface area (Å²) in [6.45, 7) is 4.85. The minimum absolute atomic E-state index is 0.556. The van der Waals surface area contributed by atoms with Crippen molar-refractivity contribution in [2.45, 2.75) is 20.3 Å². The highest BCUT2D eigenvalue weighted by Gasteiger charge is 2.07. The molecule has 4 nitrogen and oxygen atoms in total. The number of benzene rings is 2. The number of aldehydes is 1. The molecule has 4 heteroatoms. The molecule has 124 valence electrons. The van der Waals surface area contributed by atoms with Gasteiger partial charge in [0.15, 0.2) is 6.29 Å². The standard InChI is InChI=1S/C18H20O3.CH4O/c1-4-9-21-17-8-7-14(10-13(17)2)15-5-6-16(12-19)18(11-15)20-3;1-2/h5-8,10-12H,4,9H2,1-3H3;2H,1H3. The van der Waals surface area contributed by atoms with E-state index in [4.69, 9.17) is 14.6 Å². The van der Waals surface area contributed by atoms with Gasteiger partial charge in [-0.25, -0.2) is 0 Å². The molecule has 0 unspecified atom stereocenters. The van der Waals surface area contributed by atoms with E-state index in [1.165, 1.54) is 0 Å². The molecule has 0 atom stereocenters. The maximum Gasteiger partial charge on any atom is 0.153 e. The lowest BCUT2D eigenvalue weighted by Gasteiger charge is -2.11. The van der Waals surface area contributed by atoms with Crippen LogP contribution in [0.1, 0.15) is 29.3 Å². The van der Waals surface area contributed by atoms with Crippen LogP contribution in [0.3, 0.4) is 0 Å². The van der Waals surface area contributed by atoms with Gasteiger partial charge in [0.2, 0.25) is 0 Å². The quantitative estimate of drug-likeness (QED) is 0.822. The van der Waals surface area contributed by atoms with E-state index in [0.717, 1.165) is 48.9 Å². The Hall–Kier alpha value is -2.33. The van der Waals surface area contributed by atoms with Gasteiger partial charge in [-0.05, 0) is 54.3 Å². The van der Waals surface area contributed by atoms with E-state index in [0.29, 0.717) is 11.3 Å². The van der Waals surface area contributed by atoms with Crippen LogP contribution in [0.25, 0.3) is 11.1 Å². The maximum absolute atomic E-state index is 10.9. The summed E-state index contributed by atoms with van der Waals surface area (Å²) in [4.78, 5) is 10.9. The smallest absolute Gasteiger partial charge is 0.153 e. The minimum atomic E-state index is 0.556. The van der Waals surface area contributed by atoms with Crippen LogP contribution in [-0.4, -0.2) is 32.2 Å². The van der Waals surface area contributed by atoms with Crippen LogP contribution in [0.15, 0.2) is 36.4 Å². The number of hydrogen-bond donors (Lipinski definition) is 1. The first-order valence-electron chi connectivity index (χ1n) is 7.51. The average molecular weight is 316 g/mol. The van der Waals surface area contributed by atoms with Crippen LogP contribution >= 0.6 is 0 Å². The first kappa shape index (κ1) is 18.7. The molecule has 1 N–H and O–H groups in total. The SMILES string of the molecule is CCCOc1ccc(-c2ccc(C=O)c(OC)c2)cc1C.CO. The van der Waals surface area contributed by atoms with Gasteiger partial charge in [0.05, 0.1) is 19.3 Å². The molecular weight excluding hydrogens is 292 g/mol. The zero-order chi connectivity index (χ0) is 17.2. The van der Waals surface area contributed by atoms with Crippen molar-refractivity contribution in [1.29, 1.82) is 0 Å². The van der Waals surface area contributed by atoms with Gasteiger partial charge in [-0.2, -0.15) is 0 Å². The molecule has 0 saturated heterocycles. The van der Waals surface area contributed by atoms with E-state index in [9.17, 15) is 4.79 Å². The summed E-state index contributed by atoms with van der Waals surface area (Å²) in [6.07, 6.45) is 1.79. The van der Waals surface area contributed by atoms with Gasteiger partial charge in [0, 0.05) is 7.11 Å². The van der Waals surface area contributed by atoms with Gasteiger partial charge < -0.3 is 14.6 Å². The molecule has 0 heterocycles. The lowest BCUT2D eigenvalue weighted by molar-refractivity contribution is 0.112. The molecule has 2 aromatic carbocycles. The topological polar surface area (TPSA) is 55.8 Å².